The Balaban J connectivity index is 2.11. The summed E-state index contributed by atoms with van der Waals surface area (Å²) in [6.45, 7) is 4.81. The van der Waals surface area contributed by atoms with Crippen molar-refractivity contribution in [1.29, 1.82) is 0 Å². The fraction of sp³-hybridized carbons (Fsp3) is 0.267. The maximum atomic E-state index is 12.3. The van der Waals surface area contributed by atoms with Crippen LogP contribution >= 0.6 is 11.3 Å². The molecule has 0 saturated carbocycles. The molecule has 2 rings (SSSR count). The number of thiophene rings is 1. The van der Waals surface area contributed by atoms with E-state index in [1.165, 1.54) is 0 Å². The van der Waals surface area contributed by atoms with E-state index in [1.54, 1.807) is 11.3 Å². The number of rotatable bonds is 5. The molecular formula is C15H18N2OS. The van der Waals surface area contributed by atoms with Crippen molar-refractivity contribution in [3.8, 4) is 0 Å². The van der Waals surface area contributed by atoms with Gasteiger partial charge in [-0.15, -0.1) is 11.3 Å². The average molecular weight is 274 g/mol. The van der Waals surface area contributed by atoms with Gasteiger partial charge in [0.2, 0.25) is 0 Å². The fourth-order valence-corrected chi connectivity index (χ4v) is 2.64. The van der Waals surface area contributed by atoms with Crippen LogP contribution in [0, 0.1) is 0 Å². The van der Waals surface area contributed by atoms with Crippen LogP contribution in [0.3, 0.4) is 0 Å². The molecule has 2 aromatic rings. The number of anilines is 1. The first kappa shape index (κ1) is 13.6. The third-order valence-corrected chi connectivity index (χ3v) is 3.91. The molecule has 0 fully saturated rings. The van der Waals surface area contributed by atoms with Gasteiger partial charge in [0.25, 0.3) is 5.91 Å². The molecule has 1 heterocycles. The Morgan fingerprint density at radius 2 is 2.05 bits per heavy atom. The van der Waals surface area contributed by atoms with Crippen molar-refractivity contribution in [3.05, 3.63) is 52.2 Å². The van der Waals surface area contributed by atoms with Gasteiger partial charge in [0.05, 0.1) is 11.6 Å². The highest BCUT2D eigenvalue weighted by Crippen LogP contribution is 2.20. The minimum atomic E-state index is -0.0440. The lowest BCUT2D eigenvalue weighted by Crippen LogP contribution is -2.26. The number of benzene rings is 1. The highest BCUT2D eigenvalue weighted by Gasteiger charge is 2.14. The van der Waals surface area contributed by atoms with E-state index in [0.29, 0.717) is 5.56 Å². The number of hydrogen-bond acceptors (Lipinski definition) is 3. The molecular weight excluding hydrogens is 256 g/mol. The lowest BCUT2D eigenvalue weighted by molar-refractivity contribution is 0.0941. The van der Waals surface area contributed by atoms with Crippen LogP contribution in [0.1, 0.15) is 35.1 Å². The summed E-state index contributed by atoms with van der Waals surface area (Å²) in [5.74, 6) is -0.0440. The number of amides is 1. The highest BCUT2D eigenvalue weighted by molar-refractivity contribution is 7.10. The first-order valence-corrected chi connectivity index (χ1v) is 7.27. The van der Waals surface area contributed by atoms with Crippen molar-refractivity contribution in [2.75, 3.05) is 11.9 Å². The summed E-state index contributed by atoms with van der Waals surface area (Å²) in [5.41, 5.74) is 1.56. The Labute approximate surface area is 117 Å². The van der Waals surface area contributed by atoms with Gasteiger partial charge in [0.15, 0.2) is 0 Å². The highest BCUT2D eigenvalue weighted by atomic mass is 32.1. The van der Waals surface area contributed by atoms with E-state index in [4.69, 9.17) is 0 Å². The number of nitrogens with one attached hydrogen (secondary N) is 2. The molecule has 0 radical (unpaired) electrons. The molecule has 0 spiro atoms. The van der Waals surface area contributed by atoms with Crippen LogP contribution in [0.4, 0.5) is 5.69 Å². The fourth-order valence-electron chi connectivity index (χ4n) is 1.91. The molecule has 0 saturated heterocycles. The first-order chi connectivity index (χ1) is 9.22. The zero-order chi connectivity index (χ0) is 13.7. The second kappa shape index (κ2) is 6.38. The molecule has 0 bridgehead atoms. The van der Waals surface area contributed by atoms with Gasteiger partial charge in [-0.3, -0.25) is 4.79 Å². The van der Waals surface area contributed by atoms with Gasteiger partial charge in [-0.05, 0) is 37.4 Å². The Morgan fingerprint density at radius 3 is 2.74 bits per heavy atom. The molecule has 0 aliphatic carbocycles. The Bertz CT molecular complexity index is 537. The maximum absolute atomic E-state index is 12.3. The Morgan fingerprint density at radius 1 is 1.26 bits per heavy atom. The van der Waals surface area contributed by atoms with E-state index in [9.17, 15) is 4.79 Å². The molecule has 0 aliphatic rings. The Kier molecular flexibility index (Phi) is 4.58. The number of hydrogen-bond donors (Lipinski definition) is 2. The largest absolute Gasteiger partial charge is 0.385 e. The van der Waals surface area contributed by atoms with Crippen LogP contribution in [0.2, 0.25) is 0 Å². The molecule has 4 heteroatoms. The van der Waals surface area contributed by atoms with Gasteiger partial charge >= 0.3 is 0 Å². The van der Waals surface area contributed by atoms with Crippen LogP contribution in [0.5, 0.6) is 0 Å². The number of carbonyl (C=O) groups is 1. The molecule has 1 atom stereocenters. The molecule has 2 N–H and O–H groups in total. The van der Waals surface area contributed by atoms with E-state index in [-0.39, 0.29) is 11.9 Å². The summed E-state index contributed by atoms with van der Waals surface area (Å²) < 4.78 is 0. The first-order valence-electron chi connectivity index (χ1n) is 6.39. The summed E-state index contributed by atoms with van der Waals surface area (Å²) in [4.78, 5) is 13.5. The van der Waals surface area contributed by atoms with Gasteiger partial charge in [0, 0.05) is 17.1 Å². The lowest BCUT2D eigenvalue weighted by atomic mass is 10.1. The average Bonchev–Trinajstić information content (AvgIpc) is 2.93. The van der Waals surface area contributed by atoms with Crippen LogP contribution in [-0.2, 0) is 0 Å². The monoisotopic (exact) mass is 274 g/mol. The van der Waals surface area contributed by atoms with Gasteiger partial charge < -0.3 is 10.6 Å². The summed E-state index contributed by atoms with van der Waals surface area (Å²) in [7, 11) is 0. The van der Waals surface area contributed by atoms with Crippen molar-refractivity contribution in [2.45, 2.75) is 19.9 Å². The molecule has 1 amide bonds. The molecule has 0 aliphatic heterocycles. The lowest BCUT2D eigenvalue weighted by Gasteiger charge is -2.15. The zero-order valence-corrected chi connectivity index (χ0v) is 12.0. The summed E-state index contributed by atoms with van der Waals surface area (Å²) in [6.07, 6.45) is 0. The normalized spacial score (nSPS) is 11.9. The predicted octanol–water partition coefficient (Wildman–Crippen LogP) is 3.67. The molecule has 0 unspecified atom stereocenters. The summed E-state index contributed by atoms with van der Waals surface area (Å²) >= 11 is 1.65. The van der Waals surface area contributed by atoms with Crippen LogP contribution in [0.25, 0.3) is 0 Å². The zero-order valence-electron chi connectivity index (χ0n) is 11.1. The third-order valence-electron chi connectivity index (χ3n) is 2.86. The SMILES string of the molecule is CCNc1ccccc1C(=O)N[C@H](C)c1cccs1. The second-order valence-corrected chi connectivity index (χ2v) is 5.27. The van der Waals surface area contributed by atoms with E-state index in [2.05, 4.69) is 10.6 Å². The minimum absolute atomic E-state index is 0.0298. The van der Waals surface area contributed by atoms with E-state index < -0.39 is 0 Å². The summed E-state index contributed by atoms with van der Waals surface area (Å²) in [6, 6.07) is 11.6. The topological polar surface area (TPSA) is 41.1 Å². The van der Waals surface area contributed by atoms with E-state index in [0.717, 1.165) is 17.1 Å². The molecule has 19 heavy (non-hydrogen) atoms. The molecule has 100 valence electrons. The van der Waals surface area contributed by atoms with Gasteiger partial charge in [-0.2, -0.15) is 0 Å². The Hall–Kier alpha value is -1.81. The minimum Gasteiger partial charge on any atom is -0.385 e. The standard InChI is InChI=1S/C15H18N2OS/c1-3-16-13-8-5-4-7-12(13)15(18)17-11(2)14-9-6-10-19-14/h4-11,16H,3H2,1-2H3,(H,17,18)/t11-/m1/s1. The second-order valence-electron chi connectivity index (χ2n) is 4.29. The van der Waals surface area contributed by atoms with Crippen molar-refractivity contribution < 1.29 is 4.79 Å². The predicted molar refractivity (Wildman–Crippen MR) is 80.8 cm³/mol. The molecule has 3 nitrogen and oxygen atoms in total. The van der Waals surface area contributed by atoms with Crippen molar-refractivity contribution >= 4 is 22.9 Å². The van der Waals surface area contributed by atoms with Crippen molar-refractivity contribution in [3.63, 3.8) is 0 Å². The van der Waals surface area contributed by atoms with Crippen molar-refractivity contribution in [1.82, 2.24) is 5.32 Å². The smallest absolute Gasteiger partial charge is 0.253 e. The van der Waals surface area contributed by atoms with E-state index >= 15 is 0 Å². The number of carbonyl (C=O) groups excluding carboxylic acids is 1. The molecule has 1 aromatic heterocycles. The summed E-state index contributed by atoms with van der Waals surface area (Å²) in [5, 5.41) is 8.25. The van der Waals surface area contributed by atoms with Crippen LogP contribution in [-0.4, -0.2) is 12.5 Å². The quantitative estimate of drug-likeness (QED) is 0.873. The van der Waals surface area contributed by atoms with Crippen LogP contribution in [0.15, 0.2) is 41.8 Å². The van der Waals surface area contributed by atoms with Crippen molar-refractivity contribution in [2.24, 2.45) is 0 Å². The van der Waals surface area contributed by atoms with Crippen LogP contribution < -0.4 is 10.6 Å². The van der Waals surface area contributed by atoms with Gasteiger partial charge in [-0.1, -0.05) is 18.2 Å². The van der Waals surface area contributed by atoms with E-state index in [1.807, 2.05) is 55.6 Å². The number of para-hydroxylation sites is 1. The third kappa shape index (κ3) is 3.35. The van der Waals surface area contributed by atoms with Gasteiger partial charge in [0.1, 0.15) is 0 Å². The van der Waals surface area contributed by atoms with Gasteiger partial charge in [-0.25, -0.2) is 0 Å². The molecule has 1 aromatic carbocycles. The maximum Gasteiger partial charge on any atom is 0.253 e.